The van der Waals surface area contributed by atoms with Crippen LogP contribution in [0.4, 0.5) is 0 Å². The highest BCUT2D eigenvalue weighted by atomic mass is 32.2. The summed E-state index contributed by atoms with van der Waals surface area (Å²) >= 11 is 0. The van der Waals surface area contributed by atoms with E-state index >= 15 is 0 Å². The molecule has 0 spiro atoms. The van der Waals surface area contributed by atoms with Gasteiger partial charge in [-0.2, -0.15) is 4.31 Å². The van der Waals surface area contributed by atoms with Crippen molar-refractivity contribution >= 4 is 10.0 Å². The molecule has 2 heterocycles. The minimum atomic E-state index is -3.31. The third kappa shape index (κ3) is 2.75. The number of rotatable bonds is 2. The molecule has 1 aromatic carbocycles. The number of hydrogen-bond donors (Lipinski definition) is 1. The van der Waals surface area contributed by atoms with Crippen LogP contribution in [0.15, 0.2) is 23.1 Å². The maximum Gasteiger partial charge on any atom is 0.243 e. The molecule has 0 unspecified atom stereocenters. The number of nitrogens with zero attached hydrogens (tertiary/aromatic N) is 1. The minimum absolute atomic E-state index is 0.460. The van der Waals surface area contributed by atoms with Crippen molar-refractivity contribution in [2.45, 2.75) is 43.5 Å². The molecule has 5 heteroatoms. The lowest BCUT2D eigenvalue weighted by Gasteiger charge is -2.22. The van der Waals surface area contributed by atoms with Crippen LogP contribution in [0, 0.1) is 0 Å². The lowest BCUT2D eigenvalue weighted by atomic mass is 10.0. The minimum Gasteiger partial charge on any atom is -0.312 e. The van der Waals surface area contributed by atoms with Gasteiger partial charge in [-0.3, -0.25) is 0 Å². The van der Waals surface area contributed by atoms with Crippen LogP contribution >= 0.6 is 0 Å². The molecule has 0 aliphatic carbocycles. The zero-order valence-corrected chi connectivity index (χ0v) is 12.6. The maximum absolute atomic E-state index is 12.7. The second-order valence-electron chi connectivity index (χ2n) is 5.68. The fourth-order valence-electron chi connectivity index (χ4n) is 3.05. The highest BCUT2D eigenvalue weighted by molar-refractivity contribution is 7.89. The fourth-order valence-corrected chi connectivity index (χ4v) is 4.62. The summed E-state index contributed by atoms with van der Waals surface area (Å²) in [6.45, 7) is 3.08. The van der Waals surface area contributed by atoms with E-state index in [0.717, 1.165) is 50.8 Å². The molecule has 1 saturated heterocycles. The molecule has 20 heavy (non-hydrogen) atoms. The summed E-state index contributed by atoms with van der Waals surface area (Å²) in [5, 5.41) is 3.30. The molecule has 2 aliphatic rings. The van der Waals surface area contributed by atoms with E-state index in [-0.39, 0.29) is 0 Å². The summed E-state index contributed by atoms with van der Waals surface area (Å²) in [6, 6.07) is 5.63. The smallest absolute Gasteiger partial charge is 0.243 e. The zero-order chi connectivity index (χ0) is 14.0. The van der Waals surface area contributed by atoms with Crippen LogP contribution in [0.3, 0.4) is 0 Å². The predicted octanol–water partition coefficient (Wildman–Crippen LogP) is 1.90. The molecule has 0 aromatic heterocycles. The van der Waals surface area contributed by atoms with Crippen LogP contribution in [-0.4, -0.2) is 32.4 Å². The monoisotopic (exact) mass is 294 g/mol. The van der Waals surface area contributed by atoms with Crippen LogP contribution in [0.2, 0.25) is 0 Å². The van der Waals surface area contributed by atoms with Crippen molar-refractivity contribution in [1.29, 1.82) is 0 Å². The van der Waals surface area contributed by atoms with Crippen molar-refractivity contribution in [3.8, 4) is 0 Å². The van der Waals surface area contributed by atoms with Gasteiger partial charge in [-0.05, 0) is 49.1 Å². The third-order valence-electron chi connectivity index (χ3n) is 4.27. The van der Waals surface area contributed by atoms with Crippen LogP contribution < -0.4 is 5.32 Å². The number of benzene rings is 1. The highest BCUT2D eigenvalue weighted by Crippen LogP contribution is 2.24. The third-order valence-corrected chi connectivity index (χ3v) is 6.16. The Morgan fingerprint density at radius 1 is 1.00 bits per heavy atom. The number of nitrogens with one attached hydrogen (secondary N) is 1. The van der Waals surface area contributed by atoms with Crippen molar-refractivity contribution in [3.05, 3.63) is 29.3 Å². The van der Waals surface area contributed by atoms with Crippen molar-refractivity contribution in [2.24, 2.45) is 0 Å². The van der Waals surface area contributed by atoms with E-state index in [1.165, 1.54) is 5.56 Å². The molecule has 2 aliphatic heterocycles. The molecule has 1 aromatic rings. The highest BCUT2D eigenvalue weighted by Gasteiger charge is 2.26. The molecule has 110 valence electrons. The standard InChI is InChI=1S/C15H22N2O2S/c18-20(19,17-9-3-1-2-4-10-17)15-6-5-13-7-8-16-12-14(13)11-15/h5-6,11,16H,1-4,7-10,12H2. The lowest BCUT2D eigenvalue weighted by Crippen LogP contribution is -2.32. The topological polar surface area (TPSA) is 49.4 Å². The summed E-state index contributed by atoms with van der Waals surface area (Å²) in [4.78, 5) is 0.460. The van der Waals surface area contributed by atoms with Crippen molar-refractivity contribution in [3.63, 3.8) is 0 Å². The van der Waals surface area contributed by atoms with Crippen molar-refractivity contribution in [1.82, 2.24) is 9.62 Å². The van der Waals surface area contributed by atoms with E-state index in [1.54, 1.807) is 10.4 Å². The van der Waals surface area contributed by atoms with Gasteiger partial charge in [0.15, 0.2) is 0 Å². The first-order valence-electron chi connectivity index (χ1n) is 7.50. The Hall–Kier alpha value is -0.910. The molecule has 0 radical (unpaired) electrons. The summed E-state index contributed by atoms with van der Waals surface area (Å²) < 4.78 is 27.1. The molecule has 0 atom stereocenters. The van der Waals surface area contributed by atoms with Gasteiger partial charge in [-0.25, -0.2) is 8.42 Å². The number of fused-ring (bicyclic) bond motifs is 1. The van der Waals surface area contributed by atoms with Crippen LogP contribution in [0.5, 0.6) is 0 Å². The van der Waals surface area contributed by atoms with E-state index in [4.69, 9.17) is 0 Å². The van der Waals surface area contributed by atoms with E-state index in [1.807, 2.05) is 12.1 Å². The second kappa shape index (κ2) is 5.84. The van der Waals surface area contributed by atoms with Gasteiger partial charge in [0.05, 0.1) is 4.90 Å². The van der Waals surface area contributed by atoms with E-state index in [9.17, 15) is 8.42 Å². The Morgan fingerprint density at radius 2 is 1.75 bits per heavy atom. The Labute approximate surface area is 121 Å². The van der Waals surface area contributed by atoms with Gasteiger partial charge in [0.2, 0.25) is 10.0 Å². The largest absolute Gasteiger partial charge is 0.312 e. The summed E-state index contributed by atoms with van der Waals surface area (Å²) in [7, 11) is -3.31. The molecular weight excluding hydrogens is 272 g/mol. The van der Waals surface area contributed by atoms with Gasteiger partial charge in [0.1, 0.15) is 0 Å². The van der Waals surface area contributed by atoms with Crippen molar-refractivity contribution < 1.29 is 8.42 Å². The Balaban J connectivity index is 1.90. The molecule has 3 rings (SSSR count). The van der Waals surface area contributed by atoms with E-state index in [0.29, 0.717) is 18.0 Å². The van der Waals surface area contributed by atoms with Crippen LogP contribution in [-0.2, 0) is 23.0 Å². The zero-order valence-electron chi connectivity index (χ0n) is 11.8. The molecule has 0 saturated carbocycles. The van der Waals surface area contributed by atoms with Crippen LogP contribution in [0.25, 0.3) is 0 Å². The molecular formula is C15H22N2O2S. The number of hydrogen-bond acceptors (Lipinski definition) is 3. The van der Waals surface area contributed by atoms with Gasteiger partial charge in [0, 0.05) is 19.6 Å². The van der Waals surface area contributed by atoms with Gasteiger partial charge >= 0.3 is 0 Å². The quantitative estimate of drug-likeness (QED) is 0.906. The Kier molecular flexibility index (Phi) is 4.10. The van der Waals surface area contributed by atoms with Gasteiger partial charge in [-0.15, -0.1) is 0 Å². The summed E-state index contributed by atoms with van der Waals surface area (Å²) in [5.41, 5.74) is 2.41. The van der Waals surface area contributed by atoms with Crippen molar-refractivity contribution in [2.75, 3.05) is 19.6 Å². The first-order valence-corrected chi connectivity index (χ1v) is 8.94. The molecule has 0 bridgehead atoms. The Morgan fingerprint density at radius 3 is 2.50 bits per heavy atom. The lowest BCUT2D eigenvalue weighted by molar-refractivity contribution is 0.423. The SMILES string of the molecule is O=S(=O)(c1ccc2c(c1)CNCC2)N1CCCCCC1. The number of sulfonamides is 1. The molecule has 1 N–H and O–H groups in total. The van der Waals surface area contributed by atoms with Gasteiger partial charge < -0.3 is 5.32 Å². The molecule has 4 nitrogen and oxygen atoms in total. The molecule has 1 fully saturated rings. The predicted molar refractivity (Wildman–Crippen MR) is 79.1 cm³/mol. The first kappa shape index (κ1) is 14.0. The summed E-state index contributed by atoms with van der Waals surface area (Å²) in [6.07, 6.45) is 5.22. The summed E-state index contributed by atoms with van der Waals surface area (Å²) in [5.74, 6) is 0. The van der Waals surface area contributed by atoms with E-state index < -0.39 is 10.0 Å². The average Bonchev–Trinajstić information content (AvgIpc) is 2.76. The second-order valence-corrected chi connectivity index (χ2v) is 7.61. The first-order chi connectivity index (χ1) is 9.68. The van der Waals surface area contributed by atoms with Gasteiger partial charge in [0.25, 0.3) is 0 Å². The fraction of sp³-hybridized carbons (Fsp3) is 0.600. The average molecular weight is 294 g/mol. The van der Waals surface area contributed by atoms with E-state index in [2.05, 4.69) is 5.32 Å². The molecule has 0 amide bonds. The van der Waals surface area contributed by atoms with Crippen LogP contribution in [0.1, 0.15) is 36.8 Å². The van der Waals surface area contributed by atoms with Gasteiger partial charge in [-0.1, -0.05) is 18.9 Å². The normalized spacial score (nSPS) is 21.2. The maximum atomic E-state index is 12.7. The Bertz CT molecular complexity index is 576.